The van der Waals surface area contributed by atoms with Gasteiger partial charge >= 0.3 is 15.5 Å². The third-order valence-corrected chi connectivity index (χ3v) is 7.58. The number of hydrogen-bond acceptors (Lipinski definition) is 6. The minimum absolute atomic E-state index is 0.124. The van der Waals surface area contributed by atoms with Crippen LogP contribution in [0, 0.1) is 0 Å². The Balaban J connectivity index is 1.68. The number of alkyl halides is 3. The Morgan fingerprint density at radius 1 is 1.44 bits per heavy atom. The highest BCUT2D eigenvalue weighted by Crippen LogP contribution is 2.28. The van der Waals surface area contributed by atoms with Gasteiger partial charge in [-0.25, -0.2) is 13.4 Å². The highest BCUT2D eigenvalue weighted by atomic mass is 32.2. The summed E-state index contributed by atoms with van der Waals surface area (Å²) < 4.78 is 62.1. The fraction of sp³-hybridized carbons (Fsp3) is 0.714. The maximum absolute atomic E-state index is 12.6. The molecule has 1 aliphatic heterocycles. The van der Waals surface area contributed by atoms with Crippen molar-refractivity contribution in [1.29, 1.82) is 0 Å². The van der Waals surface area contributed by atoms with E-state index in [2.05, 4.69) is 20.6 Å². The molecule has 27 heavy (non-hydrogen) atoms. The highest BCUT2D eigenvalue weighted by Gasteiger charge is 2.50. The summed E-state index contributed by atoms with van der Waals surface area (Å²) in [6, 6.07) is -0.124. The lowest BCUT2D eigenvalue weighted by molar-refractivity contribution is -0.0494. The molecule has 1 aromatic rings. The predicted octanol–water partition coefficient (Wildman–Crippen LogP) is 2.10. The molecule has 1 saturated heterocycles. The van der Waals surface area contributed by atoms with Gasteiger partial charge in [0.15, 0.2) is 5.96 Å². The topological polar surface area (TPSA) is 86.7 Å². The van der Waals surface area contributed by atoms with Crippen molar-refractivity contribution in [2.75, 3.05) is 32.4 Å². The van der Waals surface area contributed by atoms with Gasteiger partial charge in [-0.2, -0.15) is 17.5 Å². The SMILES string of the molecule is CN=C(NCCCSc1nccs1)NC1CCN(S(=O)(=O)C(F)(F)F)CC1. The average molecular weight is 446 g/mol. The number of thiazole rings is 1. The van der Waals surface area contributed by atoms with E-state index in [1.54, 1.807) is 36.3 Å². The van der Waals surface area contributed by atoms with E-state index < -0.39 is 15.5 Å². The molecule has 0 bridgehead atoms. The van der Waals surface area contributed by atoms with E-state index in [0.717, 1.165) is 16.5 Å². The molecular weight excluding hydrogens is 423 g/mol. The van der Waals surface area contributed by atoms with Crippen LogP contribution in [0.25, 0.3) is 0 Å². The zero-order chi connectivity index (χ0) is 19.9. The van der Waals surface area contributed by atoms with E-state index >= 15 is 0 Å². The number of thioether (sulfide) groups is 1. The van der Waals surface area contributed by atoms with Crippen LogP contribution in [0.3, 0.4) is 0 Å². The van der Waals surface area contributed by atoms with Gasteiger partial charge in [-0.15, -0.1) is 11.3 Å². The number of halogens is 3. The second-order valence-electron chi connectivity index (χ2n) is 5.77. The monoisotopic (exact) mass is 445 g/mol. The van der Waals surface area contributed by atoms with Gasteiger partial charge in [-0.3, -0.25) is 4.99 Å². The van der Waals surface area contributed by atoms with Gasteiger partial charge in [0.1, 0.15) is 4.34 Å². The van der Waals surface area contributed by atoms with E-state index in [4.69, 9.17) is 0 Å². The second-order valence-corrected chi connectivity index (χ2v) is 9.93. The number of sulfonamides is 1. The van der Waals surface area contributed by atoms with Crippen molar-refractivity contribution in [3.8, 4) is 0 Å². The van der Waals surface area contributed by atoms with Crippen LogP contribution in [0.5, 0.6) is 0 Å². The predicted molar refractivity (Wildman–Crippen MR) is 102 cm³/mol. The fourth-order valence-corrected chi connectivity index (χ4v) is 5.13. The van der Waals surface area contributed by atoms with E-state index in [1.807, 2.05) is 5.38 Å². The van der Waals surface area contributed by atoms with Crippen LogP contribution in [0.1, 0.15) is 19.3 Å². The van der Waals surface area contributed by atoms with Crippen LogP contribution in [0.15, 0.2) is 20.9 Å². The molecule has 0 radical (unpaired) electrons. The van der Waals surface area contributed by atoms with Crippen LogP contribution in [-0.2, 0) is 10.0 Å². The summed E-state index contributed by atoms with van der Waals surface area (Å²) in [5.41, 5.74) is -5.25. The molecule has 154 valence electrons. The zero-order valence-electron chi connectivity index (χ0n) is 14.7. The molecule has 2 rings (SSSR count). The van der Waals surface area contributed by atoms with E-state index in [1.165, 1.54) is 0 Å². The van der Waals surface area contributed by atoms with Crippen LogP contribution in [-0.4, -0.2) is 67.7 Å². The molecule has 2 N–H and O–H groups in total. The number of aliphatic imine (C=N–C) groups is 1. The molecule has 0 aliphatic carbocycles. The first-order valence-electron chi connectivity index (χ1n) is 8.30. The lowest BCUT2D eigenvalue weighted by Gasteiger charge is -2.32. The van der Waals surface area contributed by atoms with Gasteiger partial charge in [-0.05, 0) is 19.3 Å². The first-order valence-corrected chi connectivity index (χ1v) is 11.6. The molecule has 0 unspecified atom stereocenters. The Bertz CT molecular complexity index is 702. The lowest BCUT2D eigenvalue weighted by Crippen LogP contribution is -2.51. The number of nitrogens with zero attached hydrogens (tertiary/aromatic N) is 3. The van der Waals surface area contributed by atoms with Crippen molar-refractivity contribution in [2.24, 2.45) is 4.99 Å². The van der Waals surface area contributed by atoms with Gasteiger partial charge in [0.05, 0.1) is 0 Å². The quantitative estimate of drug-likeness (QED) is 0.289. The van der Waals surface area contributed by atoms with Crippen molar-refractivity contribution in [3.63, 3.8) is 0 Å². The third kappa shape index (κ3) is 6.50. The molecule has 2 heterocycles. The standard InChI is InChI=1S/C14H22F3N5O2S3/c1-18-12(19-5-2-9-25-13-20-6-10-26-13)21-11-3-7-22(8-4-11)27(23,24)14(15,16)17/h6,10-11H,2-5,7-9H2,1H3,(H2,18,19,21). The molecule has 1 aliphatic rings. The van der Waals surface area contributed by atoms with Gasteiger partial charge in [0.2, 0.25) is 0 Å². The minimum atomic E-state index is -5.25. The summed E-state index contributed by atoms with van der Waals surface area (Å²) in [5.74, 6) is 1.47. The van der Waals surface area contributed by atoms with Gasteiger partial charge in [-0.1, -0.05) is 11.8 Å². The summed E-state index contributed by atoms with van der Waals surface area (Å²) in [6.07, 6.45) is 3.24. The molecule has 0 amide bonds. The molecule has 1 aromatic heterocycles. The van der Waals surface area contributed by atoms with Crippen molar-refractivity contribution in [1.82, 2.24) is 19.9 Å². The Morgan fingerprint density at radius 3 is 2.70 bits per heavy atom. The van der Waals surface area contributed by atoms with E-state index in [9.17, 15) is 21.6 Å². The normalized spacial score (nSPS) is 17.9. The third-order valence-electron chi connectivity index (χ3n) is 3.90. The Labute approximate surface area is 164 Å². The maximum Gasteiger partial charge on any atom is 0.511 e. The lowest BCUT2D eigenvalue weighted by atomic mass is 10.1. The van der Waals surface area contributed by atoms with Crippen LogP contribution < -0.4 is 10.6 Å². The molecule has 13 heteroatoms. The number of guanidine groups is 1. The smallest absolute Gasteiger partial charge is 0.356 e. The number of aromatic nitrogens is 1. The summed E-state index contributed by atoms with van der Waals surface area (Å²) >= 11 is 3.28. The molecule has 0 spiro atoms. The van der Waals surface area contributed by atoms with Crippen molar-refractivity contribution in [2.45, 2.75) is 35.2 Å². The van der Waals surface area contributed by atoms with Gasteiger partial charge in [0.25, 0.3) is 0 Å². The number of hydrogen-bond donors (Lipinski definition) is 2. The summed E-state index contributed by atoms with van der Waals surface area (Å²) in [4.78, 5) is 8.29. The number of piperidine rings is 1. The minimum Gasteiger partial charge on any atom is -0.356 e. The summed E-state index contributed by atoms with van der Waals surface area (Å²) in [5, 5.41) is 8.23. The van der Waals surface area contributed by atoms with E-state index in [-0.39, 0.29) is 32.0 Å². The van der Waals surface area contributed by atoms with Crippen molar-refractivity contribution < 1.29 is 21.6 Å². The average Bonchev–Trinajstić information content (AvgIpc) is 3.13. The van der Waals surface area contributed by atoms with Crippen LogP contribution >= 0.6 is 23.1 Å². The second kappa shape index (κ2) is 9.94. The maximum atomic E-state index is 12.6. The van der Waals surface area contributed by atoms with Crippen molar-refractivity contribution in [3.05, 3.63) is 11.6 Å². The molecular formula is C14H22F3N5O2S3. The van der Waals surface area contributed by atoms with Gasteiger partial charge < -0.3 is 10.6 Å². The fourth-order valence-electron chi connectivity index (χ4n) is 2.49. The number of rotatable bonds is 7. The molecule has 0 aromatic carbocycles. The Morgan fingerprint density at radius 2 is 2.15 bits per heavy atom. The zero-order valence-corrected chi connectivity index (χ0v) is 17.1. The number of nitrogens with one attached hydrogen (secondary N) is 2. The first-order chi connectivity index (χ1) is 12.7. The largest absolute Gasteiger partial charge is 0.511 e. The molecule has 0 saturated carbocycles. The van der Waals surface area contributed by atoms with Crippen LogP contribution in [0.2, 0.25) is 0 Å². The Kier molecular flexibility index (Phi) is 8.19. The molecule has 0 atom stereocenters. The van der Waals surface area contributed by atoms with E-state index in [0.29, 0.717) is 16.8 Å². The summed E-state index contributed by atoms with van der Waals surface area (Å²) in [6.45, 7) is 0.362. The molecule has 7 nitrogen and oxygen atoms in total. The Hall–Kier alpha value is -1.05. The summed E-state index contributed by atoms with van der Waals surface area (Å²) in [7, 11) is -3.63. The first kappa shape index (κ1) is 22.2. The van der Waals surface area contributed by atoms with Crippen molar-refractivity contribution >= 4 is 39.1 Å². The van der Waals surface area contributed by atoms with Gasteiger partial charge in [0, 0.05) is 50.1 Å². The van der Waals surface area contributed by atoms with Crippen LogP contribution in [0.4, 0.5) is 13.2 Å². The molecule has 1 fully saturated rings. The highest BCUT2D eigenvalue weighted by molar-refractivity contribution is 8.01.